The smallest absolute Gasteiger partial charge is 0.265 e. The lowest BCUT2D eigenvalue weighted by Gasteiger charge is -2.19. The van der Waals surface area contributed by atoms with Gasteiger partial charge >= 0.3 is 0 Å². The third-order valence-electron chi connectivity index (χ3n) is 6.61. The highest BCUT2D eigenvalue weighted by Crippen LogP contribution is 2.38. The largest absolute Gasteiger partial charge is 0.385 e. The Morgan fingerprint density at radius 3 is 2.59 bits per heavy atom. The number of nitriles is 2. The molecule has 2 aliphatic rings. The molecule has 0 radical (unpaired) electrons. The van der Waals surface area contributed by atoms with Gasteiger partial charge in [0.1, 0.15) is 22.2 Å². The van der Waals surface area contributed by atoms with Crippen molar-refractivity contribution in [2.75, 3.05) is 44.6 Å². The van der Waals surface area contributed by atoms with Crippen LogP contribution in [-0.2, 0) is 9.59 Å². The zero-order chi connectivity index (χ0) is 28.4. The van der Waals surface area contributed by atoms with Crippen LogP contribution >= 0.6 is 11.8 Å². The maximum absolute atomic E-state index is 13.0. The lowest BCUT2D eigenvalue weighted by molar-refractivity contribution is -0.127. The van der Waals surface area contributed by atoms with Gasteiger partial charge in [-0.05, 0) is 84.3 Å². The van der Waals surface area contributed by atoms with Crippen LogP contribution in [0.4, 0.5) is 5.69 Å². The molecule has 0 spiro atoms. The topological polar surface area (TPSA) is 141 Å². The van der Waals surface area contributed by atoms with Gasteiger partial charge in [-0.1, -0.05) is 17.8 Å². The molecule has 2 saturated heterocycles. The summed E-state index contributed by atoms with van der Waals surface area (Å²) in [5.41, 5.74) is 0.0222. The molecule has 2 heterocycles. The molecule has 3 N–H and O–H groups in total. The summed E-state index contributed by atoms with van der Waals surface area (Å²) in [7, 11) is 0. The van der Waals surface area contributed by atoms with Crippen LogP contribution in [0, 0.1) is 22.7 Å². The number of hydrogen-bond acceptors (Lipinski definition) is 8. The van der Waals surface area contributed by atoms with Crippen molar-refractivity contribution < 1.29 is 14.4 Å². The highest BCUT2D eigenvalue weighted by Gasteiger charge is 2.39. The normalized spacial score (nSPS) is 18.8. The number of amides is 3. The first-order chi connectivity index (χ1) is 18.7. The molecular weight excluding hydrogens is 514 g/mol. The summed E-state index contributed by atoms with van der Waals surface area (Å²) in [6.07, 6.45) is 3.90. The summed E-state index contributed by atoms with van der Waals surface area (Å²) in [5, 5.41) is 27.5. The quantitative estimate of drug-likeness (QED) is 0.205. The zero-order valence-corrected chi connectivity index (χ0v) is 23.7. The minimum atomic E-state index is -1.15. The third-order valence-corrected chi connectivity index (χ3v) is 7.98. The van der Waals surface area contributed by atoms with E-state index in [1.54, 1.807) is 19.1 Å². The number of benzene rings is 1. The predicted octanol–water partition coefficient (Wildman–Crippen LogP) is 2.82. The summed E-state index contributed by atoms with van der Waals surface area (Å²) in [4.78, 5) is 42.2. The summed E-state index contributed by atoms with van der Waals surface area (Å²) in [6, 6.07) is 11.1. The molecule has 1 unspecified atom stereocenters. The average molecular weight is 552 g/mol. The highest BCUT2D eigenvalue weighted by molar-refractivity contribution is 8.04. The Labute approximate surface area is 234 Å². The molecule has 11 heteroatoms. The van der Waals surface area contributed by atoms with E-state index >= 15 is 0 Å². The molecule has 208 valence electrons. The zero-order valence-electron chi connectivity index (χ0n) is 22.9. The Balaban J connectivity index is 1.54. The lowest BCUT2D eigenvalue weighted by atomic mass is 10.1. The van der Waals surface area contributed by atoms with Crippen LogP contribution in [0.15, 0.2) is 34.9 Å². The monoisotopic (exact) mass is 551 g/mol. The van der Waals surface area contributed by atoms with Gasteiger partial charge in [-0.3, -0.25) is 14.4 Å². The number of rotatable bonds is 12. The Bertz CT molecular complexity index is 1180. The molecule has 0 aromatic heterocycles. The molecule has 3 amide bonds. The van der Waals surface area contributed by atoms with Gasteiger partial charge in [0.05, 0.1) is 11.3 Å². The van der Waals surface area contributed by atoms with Gasteiger partial charge in [0, 0.05) is 30.9 Å². The van der Waals surface area contributed by atoms with Crippen LogP contribution in [0.1, 0.15) is 56.8 Å². The summed E-state index contributed by atoms with van der Waals surface area (Å²) < 4.78 is 0. The van der Waals surface area contributed by atoms with Gasteiger partial charge in [0.15, 0.2) is 0 Å². The second-order valence-electron chi connectivity index (χ2n) is 10.1. The molecule has 2 aliphatic heterocycles. The number of hydrogen-bond donors (Lipinski definition) is 3. The lowest BCUT2D eigenvalue weighted by Crippen LogP contribution is -2.43. The fourth-order valence-corrected chi connectivity index (χ4v) is 5.84. The van der Waals surface area contributed by atoms with Crippen LogP contribution in [0.3, 0.4) is 0 Å². The molecule has 0 saturated carbocycles. The van der Waals surface area contributed by atoms with Crippen molar-refractivity contribution in [1.29, 1.82) is 10.5 Å². The Hall–Kier alpha value is -3.54. The number of likely N-dealkylation sites (tertiary alicyclic amines) is 1. The van der Waals surface area contributed by atoms with E-state index in [1.165, 1.54) is 43.4 Å². The van der Waals surface area contributed by atoms with Crippen molar-refractivity contribution >= 4 is 35.2 Å². The molecule has 0 bridgehead atoms. The van der Waals surface area contributed by atoms with Gasteiger partial charge in [-0.25, -0.2) is 0 Å². The second kappa shape index (κ2) is 14.0. The number of nitrogens with zero attached hydrogens (tertiary/aromatic N) is 4. The second-order valence-corrected chi connectivity index (χ2v) is 11.3. The van der Waals surface area contributed by atoms with Crippen molar-refractivity contribution in [2.45, 2.75) is 57.2 Å². The molecule has 0 aliphatic carbocycles. The van der Waals surface area contributed by atoms with E-state index in [0.29, 0.717) is 36.6 Å². The van der Waals surface area contributed by atoms with Crippen molar-refractivity contribution in [3.63, 3.8) is 0 Å². The fourth-order valence-electron chi connectivity index (χ4n) is 4.50. The van der Waals surface area contributed by atoms with Crippen LogP contribution < -0.4 is 16.0 Å². The van der Waals surface area contributed by atoms with E-state index in [1.807, 2.05) is 24.3 Å². The predicted molar refractivity (Wildman–Crippen MR) is 151 cm³/mol. The van der Waals surface area contributed by atoms with Crippen molar-refractivity contribution in [3.05, 3.63) is 40.4 Å². The van der Waals surface area contributed by atoms with E-state index in [4.69, 9.17) is 0 Å². The van der Waals surface area contributed by atoms with Crippen LogP contribution in [0.2, 0.25) is 0 Å². The molecule has 3 rings (SSSR count). The summed E-state index contributed by atoms with van der Waals surface area (Å²) in [6.45, 7) is 9.58. The molecule has 10 nitrogen and oxygen atoms in total. The molecule has 1 atom stereocenters. The Morgan fingerprint density at radius 2 is 1.92 bits per heavy atom. The number of carbonyl (C=O) groups is 3. The van der Waals surface area contributed by atoms with E-state index in [9.17, 15) is 24.9 Å². The van der Waals surface area contributed by atoms with Gasteiger partial charge in [-0.15, -0.1) is 0 Å². The molecule has 1 aromatic carbocycles. The first-order valence-electron chi connectivity index (χ1n) is 13.4. The summed E-state index contributed by atoms with van der Waals surface area (Å²) in [5.74, 6) is -0.957. The summed E-state index contributed by atoms with van der Waals surface area (Å²) >= 11 is 1.19. The maximum Gasteiger partial charge on any atom is 0.265 e. The molecular formula is C28H37N7O3S. The van der Waals surface area contributed by atoms with Gasteiger partial charge < -0.3 is 25.8 Å². The van der Waals surface area contributed by atoms with Crippen molar-refractivity contribution in [3.8, 4) is 12.1 Å². The SMILES string of the molecule is CCN1C(=O)C(CCNc2cccc(C(=O)NCCCN3CCCC3)c2)S/C1=C(/C#N)C(=O)NC(C)(C)C#N. The number of carbonyl (C=O) groups excluding carboxylic acids is 3. The first-order valence-corrected chi connectivity index (χ1v) is 14.3. The van der Waals surface area contributed by atoms with E-state index in [2.05, 4.69) is 20.9 Å². The Kier molecular flexibility index (Phi) is 10.8. The van der Waals surface area contributed by atoms with Crippen molar-refractivity contribution in [1.82, 2.24) is 20.4 Å². The fraction of sp³-hybridized carbons (Fsp3) is 0.536. The minimum Gasteiger partial charge on any atom is -0.385 e. The highest BCUT2D eigenvalue weighted by atomic mass is 32.2. The number of nitrogens with one attached hydrogen (secondary N) is 3. The Morgan fingerprint density at radius 1 is 1.18 bits per heavy atom. The van der Waals surface area contributed by atoms with E-state index in [-0.39, 0.29) is 17.4 Å². The third kappa shape index (κ3) is 8.22. The van der Waals surface area contributed by atoms with E-state index in [0.717, 1.165) is 31.7 Å². The van der Waals surface area contributed by atoms with Crippen LogP contribution in [0.25, 0.3) is 0 Å². The maximum atomic E-state index is 13.0. The molecule has 2 fully saturated rings. The van der Waals surface area contributed by atoms with Crippen molar-refractivity contribution in [2.24, 2.45) is 0 Å². The van der Waals surface area contributed by atoms with E-state index < -0.39 is 16.7 Å². The molecule has 39 heavy (non-hydrogen) atoms. The van der Waals surface area contributed by atoms with Gasteiger partial charge in [0.25, 0.3) is 11.8 Å². The van der Waals surface area contributed by atoms with Crippen LogP contribution in [0.5, 0.6) is 0 Å². The first kappa shape index (κ1) is 30.0. The van der Waals surface area contributed by atoms with Gasteiger partial charge in [0.2, 0.25) is 5.91 Å². The molecule has 1 aromatic rings. The number of anilines is 1. The number of thioether (sulfide) groups is 1. The van der Waals surface area contributed by atoms with Gasteiger partial charge in [-0.2, -0.15) is 10.5 Å². The average Bonchev–Trinajstić information content (AvgIpc) is 3.54. The standard InChI is InChI=1S/C28H37N7O3S/c1-4-35-26(38)23(39-27(35)22(18-29)25(37)33-28(2,3)19-30)11-13-31-21-10-7-9-20(17-21)24(36)32-12-8-16-34-14-5-6-15-34/h7,9-10,17,23,31H,4-6,8,11-16H2,1-3H3,(H,32,36)(H,33,37)/b27-22-. The van der Waals surface area contributed by atoms with Crippen LogP contribution in [-0.4, -0.2) is 77.6 Å². The minimum absolute atomic E-state index is 0.114.